The summed E-state index contributed by atoms with van der Waals surface area (Å²) in [6.07, 6.45) is 1.64. The second-order valence-electron chi connectivity index (χ2n) is 9.31. The SMILES string of the molecule is CC(=O)N(c1ccccc1C)C1CCN(Cc2nc(-c3ccc(S(=O)(=O)C(F)(F)F)cc3)[nH]c2C)CC1. The number of likely N-dealkylation sites (tertiary alicyclic amines) is 1. The predicted molar refractivity (Wildman–Crippen MR) is 135 cm³/mol. The van der Waals surface area contributed by atoms with Gasteiger partial charge >= 0.3 is 5.51 Å². The largest absolute Gasteiger partial charge is 0.501 e. The first-order chi connectivity index (χ1) is 17.4. The van der Waals surface area contributed by atoms with Gasteiger partial charge in [-0.25, -0.2) is 13.4 Å². The maximum atomic E-state index is 12.8. The molecule has 198 valence electrons. The molecule has 1 aliphatic rings. The minimum atomic E-state index is -5.40. The molecule has 4 rings (SSSR count). The number of amides is 1. The number of hydrogen-bond acceptors (Lipinski definition) is 5. The number of halogens is 3. The number of anilines is 1. The van der Waals surface area contributed by atoms with Gasteiger partial charge in [0.15, 0.2) is 0 Å². The number of imidazole rings is 1. The first-order valence-electron chi connectivity index (χ1n) is 11.9. The van der Waals surface area contributed by atoms with E-state index >= 15 is 0 Å². The summed E-state index contributed by atoms with van der Waals surface area (Å²) < 4.78 is 61.6. The van der Waals surface area contributed by atoms with Gasteiger partial charge in [-0.1, -0.05) is 18.2 Å². The molecule has 2 aromatic carbocycles. The van der Waals surface area contributed by atoms with Gasteiger partial charge in [-0.3, -0.25) is 9.69 Å². The number of benzene rings is 2. The molecule has 11 heteroatoms. The van der Waals surface area contributed by atoms with Crippen LogP contribution < -0.4 is 4.90 Å². The molecule has 0 atom stereocenters. The number of aryl methyl sites for hydroxylation is 2. The van der Waals surface area contributed by atoms with Crippen LogP contribution in [0.25, 0.3) is 11.4 Å². The Morgan fingerprint density at radius 1 is 1.08 bits per heavy atom. The van der Waals surface area contributed by atoms with Gasteiger partial charge < -0.3 is 9.88 Å². The number of H-pyrrole nitrogens is 1. The van der Waals surface area contributed by atoms with Crippen LogP contribution in [0.4, 0.5) is 18.9 Å². The van der Waals surface area contributed by atoms with Gasteiger partial charge in [-0.15, -0.1) is 0 Å². The Bertz CT molecular complexity index is 1380. The van der Waals surface area contributed by atoms with E-state index in [2.05, 4.69) is 14.9 Å². The van der Waals surface area contributed by atoms with Crippen LogP contribution in [0.15, 0.2) is 53.4 Å². The summed E-state index contributed by atoms with van der Waals surface area (Å²) in [6, 6.07) is 12.5. The molecular weight excluding hydrogens is 505 g/mol. The molecule has 0 radical (unpaired) electrons. The van der Waals surface area contributed by atoms with Gasteiger partial charge in [0, 0.05) is 49.5 Å². The zero-order chi connectivity index (χ0) is 27.0. The average Bonchev–Trinajstić information content (AvgIpc) is 3.20. The summed E-state index contributed by atoms with van der Waals surface area (Å²) in [5.41, 5.74) is -1.22. The Morgan fingerprint density at radius 3 is 2.27 bits per heavy atom. The highest BCUT2D eigenvalue weighted by Gasteiger charge is 2.46. The predicted octanol–water partition coefficient (Wildman–Crippen LogP) is 5.00. The van der Waals surface area contributed by atoms with Crippen LogP contribution >= 0.6 is 0 Å². The molecule has 0 saturated carbocycles. The maximum Gasteiger partial charge on any atom is 0.501 e. The summed E-state index contributed by atoms with van der Waals surface area (Å²) >= 11 is 0. The van der Waals surface area contributed by atoms with Gasteiger partial charge in [-0.05, 0) is 62.6 Å². The molecule has 1 aliphatic heterocycles. The average molecular weight is 535 g/mol. The van der Waals surface area contributed by atoms with Crippen LogP contribution in [-0.4, -0.2) is 53.8 Å². The smallest absolute Gasteiger partial charge is 0.342 e. The first-order valence-corrected chi connectivity index (χ1v) is 13.4. The fourth-order valence-corrected chi connectivity index (χ4v) is 5.48. The molecule has 37 heavy (non-hydrogen) atoms. The highest BCUT2D eigenvalue weighted by molar-refractivity contribution is 7.92. The Hall–Kier alpha value is -3.18. The third kappa shape index (κ3) is 5.57. The van der Waals surface area contributed by atoms with E-state index in [0.29, 0.717) is 17.9 Å². The van der Waals surface area contributed by atoms with E-state index in [-0.39, 0.29) is 11.9 Å². The standard InChI is InChI=1S/C26H29F3N4O3S/c1-17-6-4-5-7-24(17)33(19(3)34)21-12-14-32(15-13-21)16-23-18(2)30-25(31-23)20-8-10-22(11-9-20)37(35,36)26(27,28)29/h4-11,21H,12-16H2,1-3H3,(H,30,31). The fraction of sp³-hybridized carbons (Fsp3) is 0.385. The summed E-state index contributed by atoms with van der Waals surface area (Å²) in [5.74, 6) is 0.482. The number of para-hydroxylation sites is 1. The van der Waals surface area contributed by atoms with Crippen molar-refractivity contribution >= 4 is 21.4 Å². The number of hydrogen-bond donors (Lipinski definition) is 1. The topological polar surface area (TPSA) is 86.4 Å². The van der Waals surface area contributed by atoms with Gasteiger partial charge in [0.1, 0.15) is 5.82 Å². The molecule has 2 heterocycles. The lowest BCUT2D eigenvalue weighted by molar-refractivity contribution is -0.117. The molecule has 7 nitrogen and oxygen atoms in total. The molecule has 0 spiro atoms. The zero-order valence-electron chi connectivity index (χ0n) is 20.8. The monoisotopic (exact) mass is 534 g/mol. The van der Waals surface area contributed by atoms with Crippen LogP contribution in [0.2, 0.25) is 0 Å². The lowest BCUT2D eigenvalue weighted by Gasteiger charge is -2.38. The van der Waals surface area contributed by atoms with E-state index < -0.39 is 20.2 Å². The number of nitrogens with one attached hydrogen (secondary N) is 1. The fourth-order valence-electron chi connectivity index (χ4n) is 4.72. The van der Waals surface area contributed by atoms with E-state index in [1.807, 2.05) is 43.0 Å². The molecule has 0 bridgehead atoms. The minimum absolute atomic E-state index is 0.0228. The number of aromatic amines is 1. The lowest BCUT2D eigenvalue weighted by atomic mass is 10.0. The highest BCUT2D eigenvalue weighted by atomic mass is 32.2. The molecule has 1 aromatic heterocycles. The summed E-state index contributed by atoms with van der Waals surface area (Å²) in [5, 5.41) is 0. The first kappa shape index (κ1) is 26.9. The van der Waals surface area contributed by atoms with E-state index in [1.54, 1.807) is 6.92 Å². The maximum absolute atomic E-state index is 12.8. The van der Waals surface area contributed by atoms with Crippen LogP contribution in [0, 0.1) is 13.8 Å². The number of carbonyl (C=O) groups is 1. The Balaban J connectivity index is 1.43. The summed E-state index contributed by atoms with van der Waals surface area (Å²) in [6.45, 7) is 7.62. The minimum Gasteiger partial charge on any atom is -0.342 e. The van der Waals surface area contributed by atoms with E-state index in [1.165, 1.54) is 12.1 Å². The van der Waals surface area contributed by atoms with E-state index in [9.17, 15) is 26.4 Å². The highest BCUT2D eigenvalue weighted by Crippen LogP contribution is 2.32. The summed E-state index contributed by atoms with van der Waals surface area (Å²) in [7, 11) is -5.40. The van der Waals surface area contributed by atoms with Crippen LogP contribution in [-0.2, 0) is 21.2 Å². The Morgan fingerprint density at radius 2 is 1.70 bits per heavy atom. The van der Waals surface area contributed by atoms with Gasteiger partial charge in [0.05, 0.1) is 10.6 Å². The number of sulfone groups is 1. The van der Waals surface area contributed by atoms with Crippen LogP contribution in [0.1, 0.15) is 36.7 Å². The van der Waals surface area contributed by atoms with Crippen molar-refractivity contribution in [3.05, 3.63) is 65.5 Å². The molecular formula is C26H29F3N4O3S. The molecule has 0 unspecified atom stereocenters. The van der Waals surface area contributed by atoms with Crippen molar-refractivity contribution in [3.63, 3.8) is 0 Å². The van der Waals surface area contributed by atoms with Crippen molar-refractivity contribution in [3.8, 4) is 11.4 Å². The van der Waals surface area contributed by atoms with Gasteiger partial charge in [0.25, 0.3) is 9.84 Å². The van der Waals surface area contributed by atoms with Gasteiger partial charge in [0.2, 0.25) is 5.91 Å². The molecule has 1 saturated heterocycles. The number of piperidine rings is 1. The molecule has 1 amide bonds. The number of aromatic nitrogens is 2. The third-order valence-electron chi connectivity index (χ3n) is 6.74. The quantitative estimate of drug-likeness (QED) is 0.481. The number of nitrogens with zero attached hydrogens (tertiary/aromatic N) is 3. The Kier molecular flexibility index (Phi) is 7.48. The second-order valence-corrected chi connectivity index (χ2v) is 11.3. The number of carbonyl (C=O) groups excluding carboxylic acids is 1. The zero-order valence-corrected chi connectivity index (χ0v) is 21.7. The van der Waals surface area contributed by atoms with Crippen molar-refractivity contribution in [2.75, 3.05) is 18.0 Å². The van der Waals surface area contributed by atoms with E-state index in [0.717, 1.165) is 60.7 Å². The van der Waals surface area contributed by atoms with Gasteiger partial charge in [-0.2, -0.15) is 13.2 Å². The van der Waals surface area contributed by atoms with Crippen LogP contribution in [0.5, 0.6) is 0 Å². The second kappa shape index (κ2) is 10.3. The van der Waals surface area contributed by atoms with Crippen molar-refractivity contribution in [2.24, 2.45) is 0 Å². The van der Waals surface area contributed by atoms with Crippen molar-refractivity contribution in [2.45, 2.75) is 56.6 Å². The molecule has 1 N–H and O–H groups in total. The van der Waals surface area contributed by atoms with Crippen molar-refractivity contribution < 1.29 is 26.4 Å². The van der Waals surface area contributed by atoms with Crippen LogP contribution in [0.3, 0.4) is 0 Å². The van der Waals surface area contributed by atoms with Crippen molar-refractivity contribution in [1.82, 2.24) is 14.9 Å². The molecule has 3 aromatic rings. The lowest BCUT2D eigenvalue weighted by Crippen LogP contribution is -2.47. The molecule has 1 fully saturated rings. The normalized spacial score (nSPS) is 15.6. The third-order valence-corrected chi connectivity index (χ3v) is 8.24. The van der Waals surface area contributed by atoms with Crippen molar-refractivity contribution in [1.29, 1.82) is 0 Å². The summed E-state index contributed by atoms with van der Waals surface area (Å²) in [4.78, 5) is 23.6. The molecule has 0 aliphatic carbocycles. The Labute approximate surface area is 214 Å². The number of alkyl halides is 3. The number of rotatable bonds is 6. The van der Waals surface area contributed by atoms with E-state index in [4.69, 9.17) is 0 Å².